The van der Waals surface area contributed by atoms with Crippen LogP contribution in [0.1, 0.15) is 42.2 Å². The molecule has 3 heterocycles. The van der Waals surface area contributed by atoms with Gasteiger partial charge in [-0.05, 0) is 31.6 Å². The molecule has 3 rings (SSSR count). The first-order valence-corrected chi connectivity index (χ1v) is 8.75. The highest BCUT2D eigenvalue weighted by Crippen LogP contribution is 2.34. The van der Waals surface area contributed by atoms with Crippen molar-refractivity contribution in [2.45, 2.75) is 33.1 Å². The molecule has 2 aromatic heterocycles. The van der Waals surface area contributed by atoms with Crippen molar-refractivity contribution in [3.8, 4) is 0 Å². The Morgan fingerprint density at radius 2 is 2.13 bits per heavy atom. The quantitative estimate of drug-likeness (QED) is 0.926. The van der Waals surface area contributed by atoms with Crippen molar-refractivity contribution in [2.75, 3.05) is 19.7 Å². The van der Waals surface area contributed by atoms with Crippen LogP contribution in [0.3, 0.4) is 0 Å². The lowest BCUT2D eigenvalue weighted by Crippen LogP contribution is -2.45. The van der Waals surface area contributed by atoms with Gasteiger partial charge in [0.05, 0.1) is 0 Å². The molecule has 2 aromatic rings. The SMILES string of the molecule is CCC1(CO)CCN(C(=O)c2cnc3scc(C)n3c2=O)CC1. The number of nitrogens with zero attached hydrogens (tertiary/aromatic N) is 3. The molecule has 0 atom stereocenters. The van der Waals surface area contributed by atoms with Gasteiger partial charge in [-0.15, -0.1) is 11.3 Å². The third-order valence-electron chi connectivity index (χ3n) is 5.04. The molecule has 7 heteroatoms. The first kappa shape index (κ1) is 16.1. The molecule has 1 aliphatic rings. The van der Waals surface area contributed by atoms with E-state index in [1.54, 1.807) is 4.90 Å². The Hall–Kier alpha value is -1.73. The van der Waals surface area contributed by atoms with E-state index in [1.807, 2.05) is 12.3 Å². The number of aliphatic hydroxyl groups is 1. The first-order valence-electron chi connectivity index (χ1n) is 7.87. The van der Waals surface area contributed by atoms with Gasteiger partial charge >= 0.3 is 0 Å². The number of hydrogen-bond donors (Lipinski definition) is 1. The summed E-state index contributed by atoms with van der Waals surface area (Å²) in [6.07, 6.45) is 3.82. The summed E-state index contributed by atoms with van der Waals surface area (Å²) in [4.78, 5) is 31.8. The number of thiazole rings is 1. The number of carbonyl (C=O) groups is 1. The fraction of sp³-hybridized carbons (Fsp3) is 0.562. The zero-order chi connectivity index (χ0) is 16.6. The number of aromatic nitrogens is 2. The van der Waals surface area contributed by atoms with Crippen LogP contribution in [0.2, 0.25) is 0 Å². The minimum atomic E-state index is -0.298. The van der Waals surface area contributed by atoms with Crippen molar-refractivity contribution in [1.29, 1.82) is 0 Å². The van der Waals surface area contributed by atoms with E-state index in [0.29, 0.717) is 18.1 Å². The third kappa shape index (κ3) is 2.68. The van der Waals surface area contributed by atoms with E-state index in [-0.39, 0.29) is 29.1 Å². The van der Waals surface area contributed by atoms with E-state index in [1.165, 1.54) is 21.9 Å². The molecule has 1 aliphatic heterocycles. The Kier molecular flexibility index (Phi) is 4.25. The van der Waals surface area contributed by atoms with Crippen LogP contribution < -0.4 is 5.56 Å². The fourth-order valence-corrected chi connectivity index (χ4v) is 3.98. The molecule has 0 spiro atoms. The third-order valence-corrected chi connectivity index (χ3v) is 6.00. The number of fused-ring (bicyclic) bond motifs is 1. The molecule has 0 aliphatic carbocycles. The summed E-state index contributed by atoms with van der Waals surface area (Å²) in [5.41, 5.74) is 0.532. The lowest BCUT2D eigenvalue weighted by molar-refractivity contribution is 0.0337. The van der Waals surface area contributed by atoms with E-state index in [2.05, 4.69) is 11.9 Å². The van der Waals surface area contributed by atoms with Gasteiger partial charge in [-0.3, -0.25) is 14.0 Å². The van der Waals surface area contributed by atoms with Gasteiger partial charge in [-0.2, -0.15) is 0 Å². The standard InChI is InChI=1S/C16H21N3O3S/c1-3-16(10-20)4-6-18(7-5-16)13(21)12-8-17-15-19(14(12)22)11(2)9-23-15/h8-9,20H,3-7,10H2,1-2H3. The molecule has 0 bridgehead atoms. The summed E-state index contributed by atoms with van der Waals surface area (Å²) < 4.78 is 1.49. The summed E-state index contributed by atoms with van der Waals surface area (Å²) in [6, 6.07) is 0. The Morgan fingerprint density at radius 3 is 2.74 bits per heavy atom. The molecule has 1 N–H and O–H groups in total. The van der Waals surface area contributed by atoms with Gasteiger partial charge in [0.1, 0.15) is 5.56 Å². The van der Waals surface area contributed by atoms with Gasteiger partial charge in [0, 0.05) is 37.0 Å². The number of amides is 1. The molecule has 0 unspecified atom stereocenters. The number of hydrogen-bond acceptors (Lipinski definition) is 5. The minimum Gasteiger partial charge on any atom is -0.396 e. The maximum Gasteiger partial charge on any atom is 0.271 e. The highest BCUT2D eigenvalue weighted by atomic mass is 32.1. The number of aliphatic hydroxyl groups excluding tert-OH is 1. The van der Waals surface area contributed by atoms with Gasteiger partial charge in [0.25, 0.3) is 11.5 Å². The summed E-state index contributed by atoms with van der Waals surface area (Å²) in [5.74, 6) is -0.259. The molecule has 1 saturated heterocycles. The van der Waals surface area contributed by atoms with Crippen molar-refractivity contribution >= 4 is 22.2 Å². The predicted molar refractivity (Wildman–Crippen MR) is 89.0 cm³/mol. The Bertz CT molecular complexity index is 781. The second-order valence-corrected chi connectivity index (χ2v) is 7.11. The van der Waals surface area contributed by atoms with Gasteiger partial charge < -0.3 is 10.0 Å². The zero-order valence-corrected chi connectivity index (χ0v) is 14.2. The number of carbonyl (C=O) groups excluding carboxylic acids is 1. The fourth-order valence-electron chi connectivity index (χ4n) is 3.15. The maximum atomic E-state index is 12.7. The van der Waals surface area contributed by atoms with E-state index >= 15 is 0 Å². The zero-order valence-electron chi connectivity index (χ0n) is 13.4. The minimum absolute atomic E-state index is 0.0853. The molecule has 0 aromatic carbocycles. The average Bonchev–Trinajstić information content (AvgIpc) is 2.97. The van der Waals surface area contributed by atoms with Gasteiger partial charge in [0.2, 0.25) is 0 Å². The smallest absolute Gasteiger partial charge is 0.271 e. The van der Waals surface area contributed by atoms with Crippen molar-refractivity contribution < 1.29 is 9.90 Å². The molecule has 1 fully saturated rings. The molecule has 0 radical (unpaired) electrons. The van der Waals surface area contributed by atoms with Crippen molar-refractivity contribution in [2.24, 2.45) is 5.41 Å². The van der Waals surface area contributed by atoms with Crippen molar-refractivity contribution in [3.63, 3.8) is 0 Å². The van der Waals surface area contributed by atoms with E-state index < -0.39 is 0 Å². The normalized spacial score (nSPS) is 17.6. The highest BCUT2D eigenvalue weighted by Gasteiger charge is 2.34. The molecule has 1 amide bonds. The highest BCUT2D eigenvalue weighted by molar-refractivity contribution is 7.15. The maximum absolute atomic E-state index is 12.7. The summed E-state index contributed by atoms with van der Waals surface area (Å²) in [7, 11) is 0. The van der Waals surface area contributed by atoms with Gasteiger partial charge in [-0.25, -0.2) is 4.98 Å². The number of likely N-dealkylation sites (tertiary alicyclic amines) is 1. The lowest BCUT2D eigenvalue weighted by Gasteiger charge is -2.40. The van der Waals surface area contributed by atoms with Crippen molar-refractivity contribution in [3.05, 3.63) is 33.2 Å². The van der Waals surface area contributed by atoms with Crippen molar-refractivity contribution in [1.82, 2.24) is 14.3 Å². The lowest BCUT2D eigenvalue weighted by atomic mass is 9.77. The van der Waals surface area contributed by atoms with Crippen LogP contribution >= 0.6 is 11.3 Å². The second-order valence-electron chi connectivity index (χ2n) is 6.28. The van der Waals surface area contributed by atoms with E-state index in [9.17, 15) is 14.7 Å². The summed E-state index contributed by atoms with van der Waals surface area (Å²) in [5, 5.41) is 11.4. The van der Waals surface area contributed by atoms with Crippen LogP contribution in [0.5, 0.6) is 0 Å². The number of aryl methyl sites for hydroxylation is 1. The van der Waals surface area contributed by atoms with Crippen LogP contribution in [-0.4, -0.2) is 45.0 Å². The van der Waals surface area contributed by atoms with Crippen LogP contribution in [0.25, 0.3) is 4.96 Å². The average molecular weight is 335 g/mol. The summed E-state index contributed by atoms with van der Waals surface area (Å²) >= 11 is 1.39. The van der Waals surface area contributed by atoms with Gasteiger partial charge in [0.15, 0.2) is 4.96 Å². The topological polar surface area (TPSA) is 74.9 Å². The van der Waals surface area contributed by atoms with Crippen LogP contribution in [-0.2, 0) is 0 Å². The molecule has 0 saturated carbocycles. The molecule has 124 valence electrons. The van der Waals surface area contributed by atoms with Crippen LogP contribution in [0, 0.1) is 12.3 Å². The van der Waals surface area contributed by atoms with Gasteiger partial charge in [-0.1, -0.05) is 6.92 Å². The number of piperidine rings is 1. The largest absolute Gasteiger partial charge is 0.396 e. The second kappa shape index (κ2) is 6.05. The molecule has 6 nitrogen and oxygen atoms in total. The first-order chi connectivity index (χ1) is 11.0. The Balaban J connectivity index is 1.86. The Morgan fingerprint density at radius 1 is 1.43 bits per heavy atom. The molecular formula is C16H21N3O3S. The number of rotatable bonds is 3. The Labute approximate surface area is 138 Å². The summed E-state index contributed by atoms with van der Waals surface area (Å²) in [6.45, 7) is 5.18. The van der Waals surface area contributed by atoms with Crippen LogP contribution in [0.15, 0.2) is 16.4 Å². The molecular weight excluding hydrogens is 314 g/mol. The van der Waals surface area contributed by atoms with Crippen LogP contribution in [0.4, 0.5) is 0 Å². The monoisotopic (exact) mass is 335 g/mol. The predicted octanol–water partition coefficient (Wildman–Crippen LogP) is 1.69. The molecule has 23 heavy (non-hydrogen) atoms. The van der Waals surface area contributed by atoms with E-state index in [0.717, 1.165) is 25.0 Å². The van der Waals surface area contributed by atoms with E-state index in [4.69, 9.17) is 0 Å².